The molecule has 28 heavy (non-hydrogen) atoms. The number of aliphatic imine (C=N–C) groups is 1. The van der Waals surface area contributed by atoms with Gasteiger partial charge in [-0.15, -0.1) is 0 Å². The summed E-state index contributed by atoms with van der Waals surface area (Å²) < 4.78 is 24.3. The third-order valence-electron chi connectivity index (χ3n) is 5.14. The number of thioether (sulfide) groups is 1. The van der Waals surface area contributed by atoms with Crippen molar-refractivity contribution in [1.82, 2.24) is 0 Å². The zero-order valence-corrected chi connectivity index (χ0v) is 17.5. The summed E-state index contributed by atoms with van der Waals surface area (Å²) in [5.74, 6) is 0.0211. The fourth-order valence-corrected chi connectivity index (χ4v) is 7.63. The van der Waals surface area contributed by atoms with Gasteiger partial charge in [-0.1, -0.05) is 59.8 Å². The zero-order chi connectivity index (χ0) is 19.9. The number of amidine groups is 1. The number of fused-ring (bicyclic) bond motifs is 1. The lowest BCUT2D eigenvalue weighted by Gasteiger charge is -2.26. The van der Waals surface area contributed by atoms with Gasteiger partial charge in [-0.25, -0.2) is 8.42 Å². The van der Waals surface area contributed by atoms with Gasteiger partial charge < -0.3 is 4.90 Å². The molecule has 1 amide bonds. The van der Waals surface area contributed by atoms with Gasteiger partial charge in [0.1, 0.15) is 0 Å². The molecule has 4 rings (SSSR count). The first-order valence-electron chi connectivity index (χ1n) is 9.21. The molecule has 0 radical (unpaired) electrons. The second-order valence-corrected chi connectivity index (χ2v) is 10.8. The molecular formula is C21H22N2O3S2. The molecule has 146 valence electrons. The molecule has 2 aliphatic rings. The maximum Gasteiger partial charge on any atom is 0.252 e. The van der Waals surface area contributed by atoms with E-state index >= 15 is 0 Å². The smallest absolute Gasteiger partial charge is 0.252 e. The second kappa shape index (κ2) is 7.37. The van der Waals surface area contributed by atoms with Crippen molar-refractivity contribution in [1.29, 1.82) is 0 Å². The predicted octanol–water partition coefficient (Wildman–Crippen LogP) is 3.15. The molecule has 5 nitrogen and oxygen atoms in total. The van der Waals surface area contributed by atoms with Gasteiger partial charge in [-0.05, 0) is 31.0 Å². The summed E-state index contributed by atoms with van der Waals surface area (Å²) >= 11 is 1.41. The fourth-order valence-electron chi connectivity index (χ4n) is 3.71. The summed E-state index contributed by atoms with van der Waals surface area (Å²) in [4.78, 5) is 19.0. The first-order valence-corrected chi connectivity index (χ1v) is 11.9. The normalized spacial score (nSPS) is 24.5. The Morgan fingerprint density at radius 1 is 1.11 bits per heavy atom. The van der Waals surface area contributed by atoms with Crippen molar-refractivity contribution in [2.24, 2.45) is 4.99 Å². The molecule has 2 aromatic carbocycles. The minimum atomic E-state index is -3.07. The van der Waals surface area contributed by atoms with Crippen LogP contribution in [0, 0.1) is 13.8 Å². The van der Waals surface area contributed by atoms with Gasteiger partial charge in [-0.3, -0.25) is 4.79 Å². The number of anilines is 1. The number of hydrogen-bond donors (Lipinski definition) is 0. The van der Waals surface area contributed by atoms with E-state index in [0.717, 1.165) is 22.4 Å². The molecule has 0 aromatic heterocycles. The van der Waals surface area contributed by atoms with E-state index in [1.54, 1.807) is 0 Å². The molecule has 0 aliphatic carbocycles. The number of carbonyl (C=O) groups is 1. The van der Waals surface area contributed by atoms with Crippen LogP contribution in [0.15, 0.2) is 53.5 Å². The molecule has 2 aromatic rings. The number of sulfone groups is 1. The van der Waals surface area contributed by atoms with Gasteiger partial charge in [-0.2, -0.15) is 4.99 Å². The Morgan fingerprint density at radius 2 is 1.82 bits per heavy atom. The number of aryl methyl sites for hydroxylation is 2. The van der Waals surface area contributed by atoms with E-state index in [4.69, 9.17) is 0 Å². The number of hydrogen-bond acceptors (Lipinski definition) is 4. The first kappa shape index (κ1) is 19.2. The van der Waals surface area contributed by atoms with Crippen LogP contribution in [0.25, 0.3) is 0 Å². The lowest BCUT2D eigenvalue weighted by Crippen LogP contribution is -2.38. The number of carbonyl (C=O) groups excluding carboxylic acids is 1. The highest BCUT2D eigenvalue weighted by atomic mass is 32.2. The van der Waals surface area contributed by atoms with Gasteiger partial charge in [0.2, 0.25) is 0 Å². The topological polar surface area (TPSA) is 66.8 Å². The standard InChI is InChI=1S/C21H22N2O3S2/c1-14-7-9-16(10-8-14)11-20(24)22-21-23(17-6-4-3-5-15(17)2)18-12-28(25,26)13-19(18)27-21/h3-10,18-19H,11-13H2,1-2H3. The van der Waals surface area contributed by atoms with Gasteiger partial charge in [0.05, 0.1) is 24.0 Å². The maximum atomic E-state index is 12.6. The summed E-state index contributed by atoms with van der Waals surface area (Å²) in [5, 5.41) is 0.520. The highest BCUT2D eigenvalue weighted by molar-refractivity contribution is 8.16. The SMILES string of the molecule is Cc1ccc(CC(=O)N=C2SC3CS(=O)(=O)CC3N2c2ccccc2C)cc1. The average Bonchev–Trinajstić information content (AvgIpc) is 3.08. The molecule has 2 fully saturated rings. The van der Waals surface area contributed by atoms with Gasteiger partial charge >= 0.3 is 0 Å². The molecule has 0 saturated carbocycles. The predicted molar refractivity (Wildman–Crippen MR) is 115 cm³/mol. The summed E-state index contributed by atoms with van der Waals surface area (Å²) in [5.41, 5.74) is 4.02. The molecule has 2 atom stereocenters. The molecule has 0 N–H and O–H groups in total. The Kier molecular flexibility index (Phi) is 5.05. The van der Waals surface area contributed by atoms with Crippen LogP contribution in [0.1, 0.15) is 16.7 Å². The lowest BCUT2D eigenvalue weighted by molar-refractivity contribution is -0.117. The van der Waals surface area contributed by atoms with Crippen LogP contribution in [-0.2, 0) is 21.1 Å². The van der Waals surface area contributed by atoms with Gasteiger partial charge in [0.25, 0.3) is 5.91 Å². The zero-order valence-electron chi connectivity index (χ0n) is 15.8. The second-order valence-electron chi connectivity index (χ2n) is 7.41. The quantitative estimate of drug-likeness (QED) is 0.772. The largest absolute Gasteiger partial charge is 0.315 e. The monoisotopic (exact) mass is 414 g/mol. The van der Waals surface area contributed by atoms with Crippen molar-refractivity contribution in [2.75, 3.05) is 16.4 Å². The van der Waals surface area contributed by atoms with Crippen molar-refractivity contribution in [2.45, 2.75) is 31.6 Å². The summed E-state index contributed by atoms with van der Waals surface area (Å²) in [6.45, 7) is 4.00. The summed E-state index contributed by atoms with van der Waals surface area (Å²) in [6, 6.07) is 15.5. The Hall–Kier alpha value is -2.12. The van der Waals surface area contributed by atoms with E-state index in [-0.39, 0.29) is 35.1 Å². The summed E-state index contributed by atoms with van der Waals surface area (Å²) in [7, 11) is -3.07. The van der Waals surface area contributed by atoms with E-state index in [1.807, 2.05) is 67.3 Å². The van der Waals surface area contributed by atoms with Crippen molar-refractivity contribution < 1.29 is 13.2 Å². The van der Waals surface area contributed by atoms with Crippen molar-refractivity contribution in [3.8, 4) is 0 Å². The molecule has 2 unspecified atom stereocenters. The van der Waals surface area contributed by atoms with E-state index in [9.17, 15) is 13.2 Å². The molecule has 2 aliphatic heterocycles. The Balaban J connectivity index is 1.65. The van der Waals surface area contributed by atoms with Crippen LogP contribution >= 0.6 is 11.8 Å². The molecule has 0 bridgehead atoms. The fraction of sp³-hybridized carbons (Fsp3) is 0.333. The van der Waals surface area contributed by atoms with E-state index in [0.29, 0.717) is 5.17 Å². The van der Waals surface area contributed by atoms with E-state index in [1.165, 1.54) is 11.8 Å². The highest BCUT2D eigenvalue weighted by Gasteiger charge is 2.49. The van der Waals surface area contributed by atoms with Crippen LogP contribution in [0.2, 0.25) is 0 Å². The van der Waals surface area contributed by atoms with Crippen LogP contribution in [0.5, 0.6) is 0 Å². The lowest BCUT2D eigenvalue weighted by atomic mass is 10.1. The van der Waals surface area contributed by atoms with Crippen molar-refractivity contribution >= 4 is 38.4 Å². The maximum absolute atomic E-state index is 12.6. The number of benzene rings is 2. The van der Waals surface area contributed by atoms with Crippen LogP contribution in [-0.4, -0.2) is 42.3 Å². The van der Waals surface area contributed by atoms with Gasteiger partial charge in [0.15, 0.2) is 15.0 Å². The molecule has 7 heteroatoms. The molecule has 2 heterocycles. The third kappa shape index (κ3) is 3.86. The number of para-hydroxylation sites is 1. The number of nitrogens with zero attached hydrogens (tertiary/aromatic N) is 2. The van der Waals surface area contributed by atoms with Crippen LogP contribution < -0.4 is 4.90 Å². The molecule has 0 spiro atoms. The van der Waals surface area contributed by atoms with Crippen molar-refractivity contribution in [3.63, 3.8) is 0 Å². The third-order valence-corrected chi connectivity index (χ3v) is 8.35. The Morgan fingerprint density at radius 3 is 2.54 bits per heavy atom. The Bertz CT molecular complexity index is 1050. The van der Waals surface area contributed by atoms with Crippen LogP contribution in [0.4, 0.5) is 5.69 Å². The first-order chi connectivity index (χ1) is 13.3. The molecular weight excluding hydrogens is 392 g/mol. The minimum Gasteiger partial charge on any atom is -0.315 e. The molecule has 2 saturated heterocycles. The minimum absolute atomic E-state index is 0.0875. The van der Waals surface area contributed by atoms with Crippen LogP contribution in [0.3, 0.4) is 0 Å². The van der Waals surface area contributed by atoms with Crippen molar-refractivity contribution in [3.05, 3.63) is 65.2 Å². The summed E-state index contributed by atoms with van der Waals surface area (Å²) in [6.07, 6.45) is 0.236. The van der Waals surface area contributed by atoms with Gasteiger partial charge in [0, 0.05) is 10.9 Å². The van der Waals surface area contributed by atoms with E-state index < -0.39 is 9.84 Å². The number of rotatable bonds is 3. The Labute approximate surface area is 169 Å². The average molecular weight is 415 g/mol. The van der Waals surface area contributed by atoms with E-state index in [2.05, 4.69) is 4.99 Å². The number of amides is 1. The highest BCUT2D eigenvalue weighted by Crippen LogP contribution is 2.41.